The van der Waals surface area contributed by atoms with E-state index in [9.17, 15) is 4.79 Å². The third-order valence-corrected chi connectivity index (χ3v) is 3.57. The molecular weight excluding hydrogens is 318 g/mol. The maximum Gasteiger partial charge on any atom is 0.276 e. The molecule has 0 aliphatic carbocycles. The lowest BCUT2D eigenvalue weighted by Gasteiger charge is -2.03. The smallest absolute Gasteiger partial charge is 0.276 e. The highest BCUT2D eigenvalue weighted by Crippen LogP contribution is 2.17. The predicted molar refractivity (Wildman–Crippen MR) is 82.0 cm³/mol. The number of aromatic nitrogens is 2. The second kappa shape index (κ2) is 5.09. The van der Waals surface area contributed by atoms with Crippen LogP contribution in [0.15, 0.2) is 53.1 Å². The number of amides is 1. The molecule has 0 atom stereocenters. The molecule has 0 aliphatic rings. The van der Waals surface area contributed by atoms with Crippen molar-refractivity contribution in [2.24, 2.45) is 0 Å². The van der Waals surface area contributed by atoms with Crippen LogP contribution in [0.1, 0.15) is 16.3 Å². The van der Waals surface area contributed by atoms with Crippen molar-refractivity contribution in [1.29, 1.82) is 0 Å². The summed E-state index contributed by atoms with van der Waals surface area (Å²) in [6.07, 6.45) is 1.90. The molecule has 20 heavy (non-hydrogen) atoms. The lowest BCUT2D eigenvalue weighted by Crippen LogP contribution is -2.12. The summed E-state index contributed by atoms with van der Waals surface area (Å²) >= 11 is 3.36. The molecule has 0 saturated carbocycles. The van der Waals surface area contributed by atoms with Crippen LogP contribution in [0.25, 0.3) is 5.52 Å². The highest BCUT2D eigenvalue weighted by molar-refractivity contribution is 9.10. The number of hydrogen-bond acceptors (Lipinski definition) is 2. The number of fused-ring (bicyclic) bond motifs is 1. The molecule has 0 saturated heterocycles. The molecule has 4 nitrogen and oxygen atoms in total. The van der Waals surface area contributed by atoms with Gasteiger partial charge in [0.2, 0.25) is 0 Å². The van der Waals surface area contributed by atoms with E-state index in [1.807, 2.05) is 60.0 Å². The van der Waals surface area contributed by atoms with Gasteiger partial charge in [-0.2, -0.15) is 0 Å². The predicted octanol–water partition coefficient (Wildman–Crippen LogP) is 3.66. The molecule has 0 radical (unpaired) electrons. The second-order valence-electron chi connectivity index (χ2n) is 4.42. The molecular formula is C15H12BrN3O. The zero-order chi connectivity index (χ0) is 14.1. The van der Waals surface area contributed by atoms with E-state index < -0.39 is 0 Å². The Morgan fingerprint density at radius 3 is 2.70 bits per heavy atom. The first-order chi connectivity index (χ1) is 9.65. The monoisotopic (exact) mass is 329 g/mol. The van der Waals surface area contributed by atoms with E-state index in [2.05, 4.69) is 26.2 Å². The van der Waals surface area contributed by atoms with Crippen molar-refractivity contribution in [1.82, 2.24) is 9.38 Å². The molecule has 2 heterocycles. The SMILES string of the molecule is Cc1nc(C(=O)Nc2ccc(Br)cc2)c2ccccn12. The van der Waals surface area contributed by atoms with Crippen molar-refractivity contribution in [3.63, 3.8) is 0 Å². The van der Waals surface area contributed by atoms with Crippen LogP contribution in [-0.2, 0) is 0 Å². The fraction of sp³-hybridized carbons (Fsp3) is 0.0667. The summed E-state index contributed by atoms with van der Waals surface area (Å²) in [5.41, 5.74) is 1.98. The van der Waals surface area contributed by atoms with Gasteiger partial charge in [0.05, 0.1) is 5.52 Å². The number of rotatable bonds is 2. The second-order valence-corrected chi connectivity index (χ2v) is 5.34. The van der Waals surface area contributed by atoms with Crippen LogP contribution in [0.3, 0.4) is 0 Å². The van der Waals surface area contributed by atoms with Gasteiger partial charge < -0.3 is 9.72 Å². The molecule has 0 bridgehead atoms. The first kappa shape index (κ1) is 12.9. The Balaban J connectivity index is 1.95. The van der Waals surface area contributed by atoms with Crippen LogP contribution >= 0.6 is 15.9 Å². The van der Waals surface area contributed by atoms with Crippen LogP contribution < -0.4 is 5.32 Å². The van der Waals surface area contributed by atoms with Crippen molar-refractivity contribution in [2.45, 2.75) is 6.92 Å². The van der Waals surface area contributed by atoms with Gasteiger partial charge in [-0.1, -0.05) is 22.0 Å². The van der Waals surface area contributed by atoms with Gasteiger partial charge >= 0.3 is 0 Å². The molecule has 0 spiro atoms. The normalized spacial score (nSPS) is 10.7. The highest BCUT2D eigenvalue weighted by Gasteiger charge is 2.15. The zero-order valence-corrected chi connectivity index (χ0v) is 12.4. The molecule has 100 valence electrons. The summed E-state index contributed by atoms with van der Waals surface area (Å²) in [4.78, 5) is 16.7. The van der Waals surface area contributed by atoms with Crippen molar-refractivity contribution < 1.29 is 4.79 Å². The minimum Gasteiger partial charge on any atom is -0.321 e. The van der Waals surface area contributed by atoms with Crippen molar-refractivity contribution >= 4 is 33.0 Å². The summed E-state index contributed by atoms with van der Waals surface area (Å²) in [5.74, 6) is 0.589. The van der Waals surface area contributed by atoms with Crippen LogP contribution in [0.2, 0.25) is 0 Å². The number of carbonyl (C=O) groups excluding carboxylic acids is 1. The highest BCUT2D eigenvalue weighted by atomic mass is 79.9. The van der Waals surface area contributed by atoms with E-state index >= 15 is 0 Å². The Morgan fingerprint density at radius 2 is 1.95 bits per heavy atom. The first-order valence-electron chi connectivity index (χ1n) is 6.16. The average molecular weight is 330 g/mol. The molecule has 5 heteroatoms. The maximum absolute atomic E-state index is 12.3. The van der Waals surface area contributed by atoms with Crippen LogP contribution in [0.5, 0.6) is 0 Å². The quantitative estimate of drug-likeness (QED) is 0.779. The van der Waals surface area contributed by atoms with E-state index in [1.165, 1.54) is 0 Å². The number of benzene rings is 1. The Morgan fingerprint density at radius 1 is 1.20 bits per heavy atom. The van der Waals surface area contributed by atoms with E-state index in [1.54, 1.807) is 0 Å². The van der Waals surface area contributed by atoms with E-state index in [-0.39, 0.29) is 5.91 Å². The van der Waals surface area contributed by atoms with Gasteiger partial charge in [-0.3, -0.25) is 4.79 Å². The lowest BCUT2D eigenvalue weighted by molar-refractivity contribution is 0.102. The molecule has 2 aromatic heterocycles. The van der Waals surface area contributed by atoms with Crippen molar-refractivity contribution in [2.75, 3.05) is 5.32 Å². The topological polar surface area (TPSA) is 46.4 Å². The summed E-state index contributed by atoms with van der Waals surface area (Å²) < 4.78 is 2.87. The third kappa shape index (κ3) is 2.32. The van der Waals surface area contributed by atoms with Gasteiger partial charge in [0, 0.05) is 16.4 Å². The van der Waals surface area contributed by atoms with Gasteiger partial charge in [-0.05, 0) is 43.3 Å². The standard InChI is InChI=1S/C15H12BrN3O/c1-10-17-14(13-4-2-3-9-19(10)13)15(20)18-12-7-5-11(16)6-8-12/h2-9H,1H3,(H,18,20). The van der Waals surface area contributed by atoms with Crippen LogP contribution in [0, 0.1) is 6.92 Å². The number of pyridine rings is 1. The van der Waals surface area contributed by atoms with Crippen molar-refractivity contribution in [3.05, 3.63) is 64.7 Å². The summed E-state index contributed by atoms with van der Waals surface area (Å²) in [7, 11) is 0. The average Bonchev–Trinajstić information content (AvgIpc) is 2.79. The van der Waals surface area contributed by atoms with Gasteiger partial charge in [-0.15, -0.1) is 0 Å². The molecule has 3 rings (SSSR count). The summed E-state index contributed by atoms with van der Waals surface area (Å²) in [6.45, 7) is 1.88. The molecule has 0 fully saturated rings. The van der Waals surface area contributed by atoms with Gasteiger partial charge in [0.25, 0.3) is 5.91 Å². The molecule has 0 aliphatic heterocycles. The zero-order valence-electron chi connectivity index (χ0n) is 10.8. The fourth-order valence-corrected chi connectivity index (χ4v) is 2.35. The molecule has 1 aromatic carbocycles. The van der Waals surface area contributed by atoms with E-state index in [0.29, 0.717) is 5.69 Å². The third-order valence-electron chi connectivity index (χ3n) is 3.04. The van der Waals surface area contributed by atoms with Gasteiger partial charge in [0.1, 0.15) is 5.82 Å². The number of halogens is 1. The minimum atomic E-state index is -0.205. The number of aryl methyl sites for hydroxylation is 1. The first-order valence-corrected chi connectivity index (χ1v) is 6.95. The Kier molecular flexibility index (Phi) is 3.28. The molecule has 3 aromatic rings. The van der Waals surface area contributed by atoms with Crippen LogP contribution in [-0.4, -0.2) is 15.3 Å². The Bertz CT molecular complexity index is 777. The number of hydrogen-bond donors (Lipinski definition) is 1. The summed E-state index contributed by atoms with van der Waals surface area (Å²) in [6, 6.07) is 13.1. The number of anilines is 1. The van der Waals surface area contributed by atoms with E-state index in [0.717, 1.165) is 21.5 Å². The molecule has 1 N–H and O–H groups in total. The van der Waals surface area contributed by atoms with Crippen molar-refractivity contribution in [3.8, 4) is 0 Å². The number of imidazole rings is 1. The maximum atomic E-state index is 12.3. The fourth-order valence-electron chi connectivity index (χ4n) is 2.08. The Hall–Kier alpha value is -2.14. The summed E-state index contributed by atoms with van der Waals surface area (Å²) in [5, 5.41) is 2.86. The van der Waals surface area contributed by atoms with Crippen LogP contribution in [0.4, 0.5) is 5.69 Å². The number of carbonyl (C=O) groups is 1. The Labute approximate surface area is 124 Å². The minimum absolute atomic E-state index is 0.205. The van der Waals surface area contributed by atoms with E-state index in [4.69, 9.17) is 0 Å². The lowest BCUT2D eigenvalue weighted by atomic mass is 10.3. The molecule has 0 unspecified atom stereocenters. The largest absolute Gasteiger partial charge is 0.321 e. The van der Waals surface area contributed by atoms with Gasteiger partial charge in [-0.25, -0.2) is 4.98 Å². The molecule has 1 amide bonds. The van der Waals surface area contributed by atoms with Gasteiger partial charge in [0.15, 0.2) is 5.69 Å². The number of nitrogens with one attached hydrogen (secondary N) is 1. The number of nitrogens with zero attached hydrogens (tertiary/aromatic N) is 2.